The molecule has 0 aliphatic heterocycles. The molecule has 0 spiro atoms. The summed E-state index contributed by atoms with van der Waals surface area (Å²) in [5, 5.41) is 16.9. The number of nitrogens with zero attached hydrogens (tertiary/aromatic N) is 2. The molecule has 28 heavy (non-hydrogen) atoms. The Morgan fingerprint density at radius 1 is 1.25 bits per heavy atom. The first kappa shape index (κ1) is 19.3. The van der Waals surface area contributed by atoms with E-state index in [0.29, 0.717) is 11.4 Å². The van der Waals surface area contributed by atoms with Crippen molar-refractivity contribution in [2.45, 2.75) is 31.7 Å². The zero-order valence-corrected chi connectivity index (χ0v) is 15.2. The number of anilines is 4. The van der Waals surface area contributed by atoms with Crippen LogP contribution in [-0.4, -0.2) is 29.4 Å². The molecule has 1 amide bonds. The Morgan fingerprint density at radius 3 is 2.71 bits per heavy atom. The van der Waals surface area contributed by atoms with Gasteiger partial charge >= 0.3 is 0 Å². The Balaban J connectivity index is 1.85. The average Bonchev–Trinajstić information content (AvgIpc) is 3.18. The summed E-state index contributed by atoms with van der Waals surface area (Å²) in [4.78, 5) is 16.0. The average molecular weight is 383 g/mol. The van der Waals surface area contributed by atoms with Gasteiger partial charge in [-0.15, -0.1) is 0 Å². The van der Waals surface area contributed by atoms with Gasteiger partial charge in [-0.3, -0.25) is 10.2 Å². The zero-order valence-electron chi connectivity index (χ0n) is 15.2. The first-order valence-electron chi connectivity index (χ1n) is 8.99. The van der Waals surface area contributed by atoms with E-state index in [2.05, 4.69) is 26.1 Å². The lowest BCUT2D eigenvalue weighted by Gasteiger charge is -2.17. The Kier molecular flexibility index (Phi) is 6.15. The van der Waals surface area contributed by atoms with E-state index in [-0.39, 0.29) is 23.2 Å². The van der Waals surface area contributed by atoms with Gasteiger partial charge in [0.25, 0.3) is 5.91 Å². The first-order valence-corrected chi connectivity index (χ1v) is 8.99. The number of carbonyl (C=O) groups excluding carboxylic acids is 1. The molecular formula is C19H22FN7O. The highest BCUT2D eigenvalue weighted by Crippen LogP contribution is 2.28. The topological polar surface area (TPSA) is 128 Å². The summed E-state index contributed by atoms with van der Waals surface area (Å²) in [5.41, 5.74) is 9.43. The summed E-state index contributed by atoms with van der Waals surface area (Å²) in [6.07, 6.45) is 6.51. The standard InChI is InChI=1S/C19H22FN7O/c20-16-11-15(17(22)28)18(24-12-4-1-2-5-12)26-19(16)25-13-6-3-7-14(10-13)27-23-9-8-21/h3,6-12,21,27H,1-2,4-5H2,(H2,22,28)(H2,24,25,26)/b21-8?,23-9-. The van der Waals surface area contributed by atoms with Crippen LogP contribution in [0.3, 0.4) is 0 Å². The lowest BCUT2D eigenvalue weighted by atomic mass is 10.2. The molecule has 9 heteroatoms. The van der Waals surface area contributed by atoms with Gasteiger partial charge in [-0.1, -0.05) is 18.9 Å². The number of nitrogens with one attached hydrogen (secondary N) is 4. The van der Waals surface area contributed by atoms with Crippen LogP contribution in [0.5, 0.6) is 0 Å². The van der Waals surface area contributed by atoms with E-state index in [0.717, 1.165) is 38.0 Å². The van der Waals surface area contributed by atoms with Crippen LogP contribution in [0.1, 0.15) is 36.0 Å². The van der Waals surface area contributed by atoms with Crippen molar-refractivity contribution >= 4 is 41.3 Å². The summed E-state index contributed by atoms with van der Waals surface area (Å²) >= 11 is 0. The van der Waals surface area contributed by atoms with Crippen LogP contribution in [0, 0.1) is 11.2 Å². The van der Waals surface area contributed by atoms with Crippen LogP contribution in [0.15, 0.2) is 35.4 Å². The van der Waals surface area contributed by atoms with Gasteiger partial charge in [-0.25, -0.2) is 9.37 Å². The number of amides is 1. The number of carbonyl (C=O) groups is 1. The molecule has 0 saturated heterocycles. The quantitative estimate of drug-likeness (QED) is 0.352. The second-order valence-electron chi connectivity index (χ2n) is 6.47. The Labute approximate surface area is 161 Å². The minimum Gasteiger partial charge on any atom is -0.367 e. The fourth-order valence-electron chi connectivity index (χ4n) is 3.09. The second-order valence-corrected chi connectivity index (χ2v) is 6.47. The van der Waals surface area contributed by atoms with E-state index in [1.165, 1.54) is 6.21 Å². The van der Waals surface area contributed by atoms with Crippen LogP contribution in [0.2, 0.25) is 0 Å². The smallest absolute Gasteiger partial charge is 0.252 e. The Morgan fingerprint density at radius 2 is 2.00 bits per heavy atom. The maximum atomic E-state index is 14.5. The molecule has 1 aromatic carbocycles. The van der Waals surface area contributed by atoms with Crippen molar-refractivity contribution in [2.75, 3.05) is 16.1 Å². The maximum Gasteiger partial charge on any atom is 0.252 e. The first-order chi connectivity index (χ1) is 13.6. The van der Waals surface area contributed by atoms with Crippen LogP contribution in [0.25, 0.3) is 0 Å². The Bertz CT molecular complexity index is 894. The molecule has 0 radical (unpaired) electrons. The summed E-state index contributed by atoms with van der Waals surface area (Å²) < 4.78 is 14.5. The van der Waals surface area contributed by atoms with Gasteiger partial charge in [0.15, 0.2) is 11.6 Å². The van der Waals surface area contributed by atoms with Crippen molar-refractivity contribution in [3.8, 4) is 0 Å². The normalized spacial score (nSPS) is 14.2. The summed E-state index contributed by atoms with van der Waals surface area (Å²) in [7, 11) is 0. The van der Waals surface area contributed by atoms with Crippen molar-refractivity contribution in [3.05, 3.63) is 41.7 Å². The van der Waals surface area contributed by atoms with Crippen LogP contribution in [0.4, 0.5) is 27.4 Å². The molecule has 6 N–H and O–H groups in total. The molecule has 1 saturated carbocycles. The van der Waals surface area contributed by atoms with E-state index in [4.69, 9.17) is 11.1 Å². The summed E-state index contributed by atoms with van der Waals surface area (Å²) in [6.45, 7) is 0. The fourth-order valence-corrected chi connectivity index (χ4v) is 3.09. The number of hydrogen-bond donors (Lipinski definition) is 5. The fraction of sp³-hybridized carbons (Fsp3) is 0.263. The highest BCUT2D eigenvalue weighted by molar-refractivity contribution is 6.14. The number of nitrogens with two attached hydrogens (primary N) is 1. The van der Waals surface area contributed by atoms with E-state index in [9.17, 15) is 9.18 Å². The van der Waals surface area contributed by atoms with Crippen LogP contribution in [-0.2, 0) is 0 Å². The lowest BCUT2D eigenvalue weighted by Crippen LogP contribution is -2.22. The number of benzene rings is 1. The largest absolute Gasteiger partial charge is 0.367 e. The number of rotatable bonds is 8. The van der Waals surface area contributed by atoms with Crippen molar-refractivity contribution in [2.24, 2.45) is 10.8 Å². The summed E-state index contributed by atoms with van der Waals surface area (Å²) in [6, 6.07) is 8.30. The van der Waals surface area contributed by atoms with Gasteiger partial charge in [-0.05, 0) is 37.1 Å². The van der Waals surface area contributed by atoms with E-state index in [1.807, 2.05) is 0 Å². The molecule has 0 atom stereocenters. The predicted molar refractivity (Wildman–Crippen MR) is 109 cm³/mol. The molecule has 0 bridgehead atoms. The van der Waals surface area contributed by atoms with E-state index in [1.54, 1.807) is 24.3 Å². The number of primary amides is 1. The third kappa shape index (κ3) is 4.81. The van der Waals surface area contributed by atoms with E-state index >= 15 is 0 Å². The third-order valence-corrected chi connectivity index (χ3v) is 4.41. The molecular weight excluding hydrogens is 361 g/mol. The molecule has 1 fully saturated rings. The Hall–Kier alpha value is -3.49. The second kappa shape index (κ2) is 8.94. The molecule has 146 valence electrons. The maximum absolute atomic E-state index is 14.5. The van der Waals surface area contributed by atoms with Gasteiger partial charge in [0.1, 0.15) is 5.82 Å². The van der Waals surface area contributed by atoms with Crippen molar-refractivity contribution in [1.29, 1.82) is 5.41 Å². The van der Waals surface area contributed by atoms with Crippen molar-refractivity contribution < 1.29 is 9.18 Å². The molecule has 3 rings (SSSR count). The van der Waals surface area contributed by atoms with Crippen molar-refractivity contribution in [1.82, 2.24) is 4.98 Å². The molecule has 8 nitrogen and oxygen atoms in total. The number of pyridine rings is 1. The van der Waals surface area contributed by atoms with Gasteiger partial charge < -0.3 is 21.8 Å². The lowest BCUT2D eigenvalue weighted by molar-refractivity contribution is 0.100. The van der Waals surface area contributed by atoms with E-state index < -0.39 is 11.7 Å². The monoisotopic (exact) mass is 383 g/mol. The van der Waals surface area contributed by atoms with Crippen LogP contribution < -0.4 is 21.8 Å². The number of hydrazone groups is 1. The molecule has 0 unspecified atom stereocenters. The molecule has 1 heterocycles. The zero-order chi connectivity index (χ0) is 19.9. The van der Waals surface area contributed by atoms with Crippen molar-refractivity contribution in [3.63, 3.8) is 0 Å². The third-order valence-electron chi connectivity index (χ3n) is 4.41. The highest BCUT2D eigenvalue weighted by Gasteiger charge is 2.21. The van der Waals surface area contributed by atoms with Gasteiger partial charge in [-0.2, -0.15) is 5.10 Å². The van der Waals surface area contributed by atoms with Gasteiger partial charge in [0, 0.05) is 17.9 Å². The molecule has 1 aliphatic carbocycles. The number of halogens is 1. The number of aromatic nitrogens is 1. The number of hydrogen-bond acceptors (Lipinski definition) is 7. The van der Waals surface area contributed by atoms with Crippen LogP contribution >= 0.6 is 0 Å². The molecule has 2 aromatic rings. The molecule has 1 aromatic heterocycles. The highest BCUT2D eigenvalue weighted by atomic mass is 19.1. The molecule has 1 aliphatic rings. The van der Waals surface area contributed by atoms with Gasteiger partial charge in [0.2, 0.25) is 0 Å². The predicted octanol–water partition coefficient (Wildman–Crippen LogP) is 3.46. The SMILES string of the molecule is N=C/C=N\Nc1cccc(Nc2nc(NC3CCCC3)c(C(N)=O)cc2F)c1. The minimum atomic E-state index is -0.728. The summed E-state index contributed by atoms with van der Waals surface area (Å²) in [5.74, 6) is -1.13. The van der Waals surface area contributed by atoms with Gasteiger partial charge in [0.05, 0.1) is 17.5 Å². The minimum absolute atomic E-state index is 0.00867.